The molecule has 0 spiro atoms. The van der Waals surface area contributed by atoms with Crippen LogP contribution in [0.2, 0.25) is 0 Å². The van der Waals surface area contributed by atoms with Crippen LogP contribution in [0.25, 0.3) is 0 Å². The molecule has 5 rings (SSSR count). The Morgan fingerprint density at radius 1 is 1.17 bits per heavy atom. The lowest BCUT2D eigenvalue weighted by atomic mass is 9.91. The molecule has 3 aliphatic rings. The van der Waals surface area contributed by atoms with E-state index >= 15 is 0 Å². The van der Waals surface area contributed by atoms with E-state index in [0.717, 1.165) is 24.1 Å². The van der Waals surface area contributed by atoms with Crippen molar-refractivity contribution >= 4 is 5.91 Å². The summed E-state index contributed by atoms with van der Waals surface area (Å²) in [6, 6.07) is 8.46. The summed E-state index contributed by atoms with van der Waals surface area (Å²) in [5, 5.41) is 0. The molecule has 0 N–H and O–H groups in total. The topological polar surface area (TPSA) is 42.3 Å². The van der Waals surface area contributed by atoms with Gasteiger partial charge in [-0.2, -0.15) is 0 Å². The van der Waals surface area contributed by atoms with E-state index in [-0.39, 0.29) is 29.6 Å². The van der Waals surface area contributed by atoms with Gasteiger partial charge in [0.2, 0.25) is 5.91 Å². The Bertz CT molecular complexity index is 1070. The second-order valence-electron chi connectivity index (χ2n) is 8.67. The van der Waals surface area contributed by atoms with Crippen LogP contribution in [0.3, 0.4) is 0 Å². The van der Waals surface area contributed by atoms with Crippen LogP contribution in [-0.2, 0) is 31.2 Å². The highest BCUT2D eigenvalue weighted by Gasteiger charge is 2.42. The molecule has 1 saturated carbocycles. The Morgan fingerprint density at radius 2 is 2.00 bits per heavy atom. The second kappa shape index (κ2) is 6.97. The number of carbonyl (C=O) groups excluding carboxylic acids is 1. The Morgan fingerprint density at radius 3 is 2.72 bits per heavy atom. The minimum absolute atomic E-state index is 0.0787. The molecule has 2 aromatic rings. The first-order valence-electron chi connectivity index (χ1n) is 10.4. The quantitative estimate of drug-likeness (QED) is 0.753. The van der Waals surface area contributed by atoms with Gasteiger partial charge in [0.15, 0.2) is 0 Å². The third-order valence-electron chi connectivity index (χ3n) is 6.93. The third kappa shape index (κ3) is 3.13. The summed E-state index contributed by atoms with van der Waals surface area (Å²) in [5.74, 6) is 1.02. The molecular formula is C24H25FN2O2. The van der Waals surface area contributed by atoms with Crippen LogP contribution in [0.15, 0.2) is 47.3 Å². The second-order valence-corrected chi connectivity index (χ2v) is 8.67. The fourth-order valence-electron chi connectivity index (χ4n) is 5.36. The summed E-state index contributed by atoms with van der Waals surface area (Å²) in [4.78, 5) is 27.9. The van der Waals surface area contributed by atoms with Crippen molar-refractivity contribution in [1.82, 2.24) is 9.47 Å². The molecule has 2 aliphatic carbocycles. The number of benzene rings is 1. The predicted octanol–water partition coefficient (Wildman–Crippen LogP) is 3.21. The maximum atomic E-state index is 14.1. The number of carbonyl (C=O) groups is 1. The summed E-state index contributed by atoms with van der Waals surface area (Å²) >= 11 is 0. The van der Waals surface area contributed by atoms with Gasteiger partial charge in [-0.05, 0) is 47.9 Å². The molecule has 1 aromatic carbocycles. The summed E-state index contributed by atoms with van der Waals surface area (Å²) in [6.07, 6.45) is 7.49. The number of aromatic nitrogens is 1. The molecule has 2 bridgehead atoms. The summed E-state index contributed by atoms with van der Waals surface area (Å²) in [7, 11) is 1.78. The van der Waals surface area contributed by atoms with Crippen molar-refractivity contribution in [1.29, 1.82) is 0 Å². The Hall–Kier alpha value is -2.69. The molecule has 4 nitrogen and oxygen atoms in total. The highest BCUT2D eigenvalue weighted by molar-refractivity contribution is 5.80. The number of fused-ring (bicyclic) bond motifs is 3. The molecule has 150 valence electrons. The predicted molar refractivity (Wildman–Crippen MR) is 109 cm³/mol. The molecule has 1 aromatic heterocycles. The van der Waals surface area contributed by atoms with E-state index in [2.05, 4.69) is 12.2 Å². The number of allylic oxidation sites excluding steroid dienone is 2. The van der Waals surface area contributed by atoms with E-state index in [1.54, 1.807) is 29.8 Å². The van der Waals surface area contributed by atoms with Gasteiger partial charge in [0, 0.05) is 50.2 Å². The molecule has 1 aliphatic heterocycles. The van der Waals surface area contributed by atoms with Gasteiger partial charge in [0.05, 0.1) is 0 Å². The van der Waals surface area contributed by atoms with Crippen LogP contribution >= 0.6 is 0 Å². The fraction of sp³-hybridized carbons (Fsp3) is 0.417. The Labute approximate surface area is 169 Å². The largest absolute Gasteiger partial charge is 0.338 e. The lowest BCUT2D eigenvalue weighted by Gasteiger charge is -2.33. The highest BCUT2D eigenvalue weighted by Crippen LogP contribution is 2.44. The van der Waals surface area contributed by atoms with Gasteiger partial charge in [0.25, 0.3) is 5.56 Å². The van der Waals surface area contributed by atoms with Gasteiger partial charge < -0.3 is 9.47 Å². The standard InChI is InChI=1S/C24H25FN2O2/c1-26-22-8-9-27(24(29)20-11-15-6-7-16(20)10-15)14-19(22)13-18(23(26)28)12-17-4-2-3-5-21(17)25/h2-7,13,15-16,20H,8-12,14H2,1H3/t15-,16+,20-/m1/s1. The van der Waals surface area contributed by atoms with Crippen molar-refractivity contribution in [2.75, 3.05) is 6.54 Å². The van der Waals surface area contributed by atoms with Crippen LogP contribution in [0.4, 0.5) is 4.39 Å². The van der Waals surface area contributed by atoms with Gasteiger partial charge in [-0.3, -0.25) is 9.59 Å². The van der Waals surface area contributed by atoms with E-state index < -0.39 is 0 Å². The summed E-state index contributed by atoms with van der Waals surface area (Å²) in [6.45, 7) is 1.19. The van der Waals surface area contributed by atoms with E-state index in [1.807, 2.05) is 11.0 Å². The Balaban J connectivity index is 1.42. The first kappa shape index (κ1) is 18.3. The van der Waals surface area contributed by atoms with Crippen molar-refractivity contribution in [2.45, 2.75) is 32.2 Å². The third-order valence-corrected chi connectivity index (χ3v) is 6.93. The molecule has 5 heteroatoms. The highest BCUT2D eigenvalue weighted by atomic mass is 19.1. The average Bonchev–Trinajstić information content (AvgIpc) is 3.36. The van der Waals surface area contributed by atoms with Crippen molar-refractivity contribution in [3.05, 3.63) is 81.0 Å². The van der Waals surface area contributed by atoms with E-state index in [4.69, 9.17) is 0 Å². The normalized spacial score (nSPS) is 24.8. The van der Waals surface area contributed by atoms with Crippen LogP contribution < -0.4 is 5.56 Å². The zero-order chi connectivity index (χ0) is 20.1. The van der Waals surface area contributed by atoms with E-state index in [1.165, 1.54) is 6.07 Å². The number of halogens is 1. The van der Waals surface area contributed by atoms with Crippen molar-refractivity contribution in [3.63, 3.8) is 0 Å². The lowest BCUT2D eigenvalue weighted by Crippen LogP contribution is -2.42. The van der Waals surface area contributed by atoms with Crippen molar-refractivity contribution < 1.29 is 9.18 Å². The minimum Gasteiger partial charge on any atom is -0.338 e. The number of rotatable bonds is 3. The smallest absolute Gasteiger partial charge is 0.254 e. The average molecular weight is 392 g/mol. The van der Waals surface area contributed by atoms with Crippen molar-refractivity contribution in [2.24, 2.45) is 24.8 Å². The zero-order valence-electron chi connectivity index (χ0n) is 16.6. The first-order chi connectivity index (χ1) is 14.0. The number of pyridine rings is 1. The number of hydrogen-bond acceptors (Lipinski definition) is 2. The maximum absolute atomic E-state index is 14.1. The molecular weight excluding hydrogens is 367 g/mol. The maximum Gasteiger partial charge on any atom is 0.254 e. The minimum atomic E-state index is -0.298. The van der Waals surface area contributed by atoms with Crippen molar-refractivity contribution in [3.8, 4) is 0 Å². The van der Waals surface area contributed by atoms with Gasteiger partial charge in [-0.1, -0.05) is 30.4 Å². The molecule has 2 heterocycles. The molecule has 1 amide bonds. The van der Waals surface area contributed by atoms with Gasteiger partial charge in [-0.15, -0.1) is 0 Å². The number of amides is 1. The summed E-state index contributed by atoms with van der Waals surface area (Å²) < 4.78 is 15.8. The Kier molecular flexibility index (Phi) is 4.41. The summed E-state index contributed by atoms with van der Waals surface area (Å²) in [5.41, 5.74) is 3.02. The van der Waals surface area contributed by atoms with Crippen LogP contribution in [-0.4, -0.2) is 21.9 Å². The van der Waals surface area contributed by atoms with Gasteiger partial charge in [0.1, 0.15) is 5.82 Å². The van der Waals surface area contributed by atoms with Crippen LogP contribution in [0, 0.1) is 23.6 Å². The lowest BCUT2D eigenvalue weighted by molar-refractivity contribution is -0.137. The first-order valence-corrected chi connectivity index (χ1v) is 10.4. The molecule has 0 unspecified atom stereocenters. The monoisotopic (exact) mass is 392 g/mol. The van der Waals surface area contributed by atoms with Gasteiger partial charge >= 0.3 is 0 Å². The fourth-order valence-corrected chi connectivity index (χ4v) is 5.36. The zero-order valence-corrected chi connectivity index (χ0v) is 16.6. The molecule has 29 heavy (non-hydrogen) atoms. The SMILES string of the molecule is Cn1c2c(cc(Cc3ccccc3F)c1=O)CN(C(=O)[C@@H]1C[C@@H]3C=C[C@H]1C3)CC2. The number of nitrogens with zero attached hydrogens (tertiary/aromatic N) is 2. The molecule has 3 atom stereocenters. The van der Waals surface area contributed by atoms with E-state index in [0.29, 0.717) is 42.5 Å². The van der Waals surface area contributed by atoms with Crippen LogP contribution in [0.1, 0.15) is 35.2 Å². The molecule has 0 radical (unpaired) electrons. The molecule has 1 fully saturated rings. The molecule has 0 saturated heterocycles. The number of hydrogen-bond donors (Lipinski definition) is 0. The van der Waals surface area contributed by atoms with Crippen LogP contribution in [0.5, 0.6) is 0 Å². The van der Waals surface area contributed by atoms with Gasteiger partial charge in [-0.25, -0.2) is 4.39 Å². The van der Waals surface area contributed by atoms with E-state index in [9.17, 15) is 14.0 Å².